The van der Waals surface area contributed by atoms with Crippen LogP contribution in [-0.2, 0) is 11.3 Å². The topological polar surface area (TPSA) is 74.8 Å². The maximum absolute atomic E-state index is 13.3. The van der Waals surface area contributed by atoms with Crippen molar-refractivity contribution in [1.29, 1.82) is 0 Å². The molecule has 0 aliphatic carbocycles. The Bertz CT molecular complexity index is 1170. The number of aromatic nitrogens is 1. The second-order valence-corrected chi connectivity index (χ2v) is 8.69. The van der Waals surface area contributed by atoms with Crippen LogP contribution in [0, 0.1) is 6.92 Å². The number of nitrogens with zero attached hydrogens (tertiary/aromatic N) is 3. The van der Waals surface area contributed by atoms with Gasteiger partial charge in [0.15, 0.2) is 5.60 Å². The predicted octanol–water partition coefficient (Wildman–Crippen LogP) is 4.24. The van der Waals surface area contributed by atoms with Gasteiger partial charge in [0.05, 0.1) is 13.1 Å². The molecule has 2 aliphatic heterocycles. The number of likely N-dealkylation sites (tertiary alicyclic amines) is 1. The van der Waals surface area contributed by atoms with Crippen LogP contribution in [0.4, 0.5) is 16.2 Å². The Morgan fingerprint density at radius 1 is 1.12 bits per heavy atom. The third-order valence-corrected chi connectivity index (χ3v) is 6.33. The van der Waals surface area contributed by atoms with Gasteiger partial charge in [-0.15, -0.1) is 0 Å². The molecule has 2 fully saturated rings. The van der Waals surface area contributed by atoms with Crippen molar-refractivity contribution in [1.82, 2.24) is 9.88 Å². The van der Waals surface area contributed by atoms with Crippen LogP contribution in [0.3, 0.4) is 0 Å². The molecule has 0 saturated carbocycles. The van der Waals surface area contributed by atoms with E-state index in [4.69, 9.17) is 4.74 Å². The number of carbonyl (C=O) groups excluding carboxylic acids is 2. The van der Waals surface area contributed by atoms with Crippen molar-refractivity contribution in [3.8, 4) is 0 Å². The lowest BCUT2D eigenvalue weighted by atomic mass is 10.0. The van der Waals surface area contributed by atoms with Crippen LogP contribution in [0.2, 0.25) is 0 Å². The van der Waals surface area contributed by atoms with Gasteiger partial charge in [-0.05, 0) is 48.4 Å². The van der Waals surface area contributed by atoms with Crippen LogP contribution in [0.5, 0.6) is 0 Å². The summed E-state index contributed by atoms with van der Waals surface area (Å²) in [5, 5.41) is 3.41. The van der Waals surface area contributed by atoms with Crippen LogP contribution >= 0.6 is 0 Å². The molecule has 2 aliphatic rings. The average Bonchev–Trinajstić information content (AvgIpc) is 3.41. The van der Waals surface area contributed by atoms with Crippen LogP contribution in [0.15, 0.2) is 73.1 Å². The quantitative estimate of drug-likeness (QED) is 0.640. The Balaban J connectivity index is 1.27. The monoisotopic (exact) mass is 442 g/mol. The maximum atomic E-state index is 13.3. The zero-order chi connectivity index (χ0) is 22.8. The highest BCUT2D eigenvalue weighted by molar-refractivity contribution is 5.96. The molecule has 168 valence electrons. The molecule has 0 radical (unpaired) electrons. The van der Waals surface area contributed by atoms with Crippen molar-refractivity contribution in [2.24, 2.45) is 0 Å². The number of hydrogen-bond acceptors (Lipinski definition) is 5. The minimum Gasteiger partial charge on any atom is -0.439 e. The number of aryl methyl sites for hydroxylation is 1. The molecular weight excluding hydrogens is 416 g/mol. The van der Waals surface area contributed by atoms with Gasteiger partial charge < -0.3 is 15.0 Å². The number of pyridine rings is 1. The number of nitrogens with one attached hydrogen (secondary N) is 1. The van der Waals surface area contributed by atoms with Crippen molar-refractivity contribution in [2.75, 3.05) is 29.9 Å². The van der Waals surface area contributed by atoms with Crippen molar-refractivity contribution in [3.63, 3.8) is 0 Å². The highest BCUT2D eigenvalue weighted by Crippen LogP contribution is 2.35. The normalized spacial score (nSPS) is 19.7. The Hall–Kier alpha value is -3.87. The Kier molecular flexibility index (Phi) is 5.46. The van der Waals surface area contributed by atoms with E-state index in [1.165, 1.54) is 0 Å². The van der Waals surface area contributed by atoms with E-state index < -0.39 is 5.60 Å². The minimum absolute atomic E-state index is 0.0505. The SMILES string of the molecule is Cc1ccc(C(=O)N2CCC3(C2)CN(c2ccccc2)C(=O)O3)cc1NCc1cccnc1. The van der Waals surface area contributed by atoms with Gasteiger partial charge in [0, 0.05) is 48.8 Å². The molecule has 1 aromatic heterocycles. The van der Waals surface area contributed by atoms with Crippen LogP contribution in [0.25, 0.3) is 0 Å². The Labute approximate surface area is 193 Å². The van der Waals surface area contributed by atoms with Gasteiger partial charge >= 0.3 is 6.09 Å². The van der Waals surface area contributed by atoms with Crippen molar-refractivity contribution in [3.05, 3.63) is 89.7 Å². The van der Waals surface area contributed by atoms with Gasteiger partial charge in [-0.25, -0.2) is 4.79 Å². The summed E-state index contributed by atoms with van der Waals surface area (Å²) in [6.45, 7) is 4.05. The van der Waals surface area contributed by atoms with Crippen LogP contribution in [-0.4, -0.2) is 47.1 Å². The predicted molar refractivity (Wildman–Crippen MR) is 126 cm³/mol. The van der Waals surface area contributed by atoms with E-state index in [1.54, 1.807) is 16.0 Å². The number of para-hydroxylation sites is 1. The summed E-state index contributed by atoms with van der Waals surface area (Å²) < 4.78 is 5.80. The van der Waals surface area contributed by atoms with Crippen LogP contribution < -0.4 is 10.2 Å². The molecule has 2 aromatic carbocycles. The number of amides is 2. The van der Waals surface area contributed by atoms with E-state index in [0.717, 1.165) is 22.5 Å². The van der Waals surface area contributed by atoms with Gasteiger partial charge in [-0.2, -0.15) is 0 Å². The van der Waals surface area contributed by atoms with E-state index in [0.29, 0.717) is 38.2 Å². The van der Waals surface area contributed by atoms with E-state index in [2.05, 4.69) is 10.3 Å². The lowest BCUT2D eigenvalue weighted by Gasteiger charge is -2.22. The molecule has 7 heteroatoms. The summed E-state index contributed by atoms with van der Waals surface area (Å²) in [6, 6.07) is 19.1. The fourth-order valence-corrected chi connectivity index (χ4v) is 4.49. The lowest BCUT2D eigenvalue weighted by Crippen LogP contribution is -2.39. The second kappa shape index (κ2) is 8.58. The fourth-order valence-electron chi connectivity index (χ4n) is 4.49. The number of carbonyl (C=O) groups is 2. The number of benzene rings is 2. The number of hydrogen-bond donors (Lipinski definition) is 1. The van der Waals surface area contributed by atoms with Crippen molar-refractivity contribution in [2.45, 2.75) is 25.5 Å². The minimum atomic E-state index is -0.658. The average molecular weight is 443 g/mol. The lowest BCUT2D eigenvalue weighted by molar-refractivity contribution is 0.0553. The van der Waals surface area contributed by atoms with Crippen molar-refractivity contribution < 1.29 is 14.3 Å². The summed E-state index contributed by atoms with van der Waals surface area (Å²) in [5.41, 5.74) is 3.83. The first-order valence-corrected chi connectivity index (χ1v) is 11.1. The molecule has 1 N–H and O–H groups in total. The molecule has 7 nitrogen and oxygen atoms in total. The summed E-state index contributed by atoms with van der Waals surface area (Å²) in [7, 11) is 0. The van der Waals surface area contributed by atoms with E-state index in [-0.39, 0.29) is 12.0 Å². The van der Waals surface area contributed by atoms with Gasteiger partial charge in [0.1, 0.15) is 0 Å². The number of rotatable bonds is 5. The van der Waals surface area contributed by atoms with Gasteiger partial charge in [-0.3, -0.25) is 14.7 Å². The van der Waals surface area contributed by atoms with E-state index in [9.17, 15) is 9.59 Å². The summed E-state index contributed by atoms with van der Waals surface area (Å²) in [6.07, 6.45) is 3.85. The molecular formula is C26H26N4O3. The second-order valence-electron chi connectivity index (χ2n) is 8.69. The molecule has 33 heavy (non-hydrogen) atoms. The standard InChI is InChI=1S/C26H26N4O3/c1-19-9-10-21(14-23(19)28-16-20-6-5-12-27-15-20)24(31)29-13-11-26(17-29)18-30(25(32)33-26)22-7-3-2-4-8-22/h2-10,12,14-15,28H,11,13,16-18H2,1H3. The maximum Gasteiger partial charge on any atom is 0.415 e. The zero-order valence-electron chi connectivity index (χ0n) is 18.5. The third kappa shape index (κ3) is 4.26. The largest absolute Gasteiger partial charge is 0.439 e. The highest BCUT2D eigenvalue weighted by Gasteiger charge is 2.51. The van der Waals surface area contributed by atoms with E-state index >= 15 is 0 Å². The van der Waals surface area contributed by atoms with Gasteiger partial charge in [-0.1, -0.05) is 30.3 Å². The molecule has 1 atom stereocenters. The van der Waals surface area contributed by atoms with Gasteiger partial charge in [0.25, 0.3) is 5.91 Å². The third-order valence-electron chi connectivity index (χ3n) is 6.33. The molecule has 5 rings (SSSR count). The summed E-state index contributed by atoms with van der Waals surface area (Å²) in [4.78, 5) is 33.4. The Morgan fingerprint density at radius 3 is 2.76 bits per heavy atom. The van der Waals surface area contributed by atoms with E-state index in [1.807, 2.05) is 73.8 Å². The first-order chi connectivity index (χ1) is 16.0. The molecule has 2 amide bonds. The molecule has 0 bridgehead atoms. The molecule has 3 aromatic rings. The first-order valence-electron chi connectivity index (χ1n) is 11.1. The number of anilines is 2. The summed E-state index contributed by atoms with van der Waals surface area (Å²) in [5.74, 6) is -0.0505. The smallest absolute Gasteiger partial charge is 0.415 e. The number of ether oxygens (including phenoxy) is 1. The molecule has 3 heterocycles. The zero-order valence-corrected chi connectivity index (χ0v) is 18.5. The van der Waals surface area contributed by atoms with Gasteiger partial charge in [0.2, 0.25) is 0 Å². The highest BCUT2D eigenvalue weighted by atomic mass is 16.6. The van der Waals surface area contributed by atoms with Crippen LogP contribution in [0.1, 0.15) is 27.9 Å². The fraction of sp³-hybridized carbons (Fsp3) is 0.269. The molecule has 1 spiro atoms. The summed E-state index contributed by atoms with van der Waals surface area (Å²) >= 11 is 0. The first kappa shape index (κ1) is 21.0. The molecule has 1 unspecified atom stereocenters. The molecule has 2 saturated heterocycles. The van der Waals surface area contributed by atoms with Crippen molar-refractivity contribution >= 4 is 23.4 Å². The Morgan fingerprint density at radius 2 is 1.97 bits per heavy atom.